The van der Waals surface area contributed by atoms with Crippen LogP contribution in [-0.4, -0.2) is 23.6 Å². The highest BCUT2D eigenvalue weighted by atomic mass is 35.5. The van der Waals surface area contributed by atoms with Crippen molar-refractivity contribution in [2.75, 3.05) is 24.7 Å². The number of hydrogen-bond acceptors (Lipinski definition) is 5. The molecular weight excluding hydrogens is 312 g/mol. The van der Waals surface area contributed by atoms with E-state index < -0.39 is 0 Å². The van der Waals surface area contributed by atoms with Gasteiger partial charge in [0.15, 0.2) is 0 Å². The summed E-state index contributed by atoms with van der Waals surface area (Å²) in [4.78, 5) is 8.44. The summed E-state index contributed by atoms with van der Waals surface area (Å²) in [5.41, 5.74) is 7.96. The van der Waals surface area contributed by atoms with E-state index in [4.69, 9.17) is 10.5 Å². The highest BCUT2D eigenvalue weighted by molar-refractivity contribution is 5.85. The van der Waals surface area contributed by atoms with Crippen LogP contribution in [0.2, 0.25) is 0 Å². The van der Waals surface area contributed by atoms with Gasteiger partial charge in [-0.05, 0) is 30.9 Å². The summed E-state index contributed by atoms with van der Waals surface area (Å²) in [7, 11) is 1.70. The number of anilines is 2. The summed E-state index contributed by atoms with van der Waals surface area (Å²) in [5, 5.41) is 3.36. The van der Waals surface area contributed by atoms with Gasteiger partial charge in [-0.25, -0.2) is 4.98 Å². The number of aryl methyl sites for hydroxylation is 2. The normalized spacial score (nSPS) is 10.0. The lowest BCUT2D eigenvalue weighted by atomic mass is 10.0. The van der Waals surface area contributed by atoms with Crippen molar-refractivity contribution in [2.45, 2.75) is 32.6 Å². The first-order chi connectivity index (χ1) is 10.7. The Bertz CT molecular complexity index is 607. The Morgan fingerprint density at radius 2 is 1.91 bits per heavy atom. The Morgan fingerprint density at radius 3 is 2.65 bits per heavy atom. The zero-order valence-corrected chi connectivity index (χ0v) is 14.5. The smallest absolute Gasteiger partial charge is 0.221 e. The third kappa shape index (κ3) is 5.60. The molecule has 23 heavy (non-hydrogen) atoms. The molecular formula is C17H25ClN4O. The van der Waals surface area contributed by atoms with E-state index in [1.165, 1.54) is 5.56 Å². The number of nitrogens with one attached hydrogen (secondary N) is 1. The van der Waals surface area contributed by atoms with Crippen LogP contribution in [0.1, 0.15) is 30.9 Å². The fourth-order valence-electron chi connectivity index (χ4n) is 2.32. The van der Waals surface area contributed by atoms with E-state index >= 15 is 0 Å². The van der Waals surface area contributed by atoms with Crippen LogP contribution in [0.25, 0.3) is 0 Å². The van der Waals surface area contributed by atoms with Gasteiger partial charge in [-0.2, -0.15) is 4.98 Å². The number of nitrogen functional groups attached to an aromatic ring is 1. The van der Waals surface area contributed by atoms with Gasteiger partial charge in [0.25, 0.3) is 0 Å². The van der Waals surface area contributed by atoms with Gasteiger partial charge in [-0.3, -0.25) is 0 Å². The molecule has 1 aromatic carbocycles. The molecule has 0 atom stereocenters. The second-order valence-electron chi connectivity index (χ2n) is 5.19. The monoisotopic (exact) mass is 336 g/mol. The van der Waals surface area contributed by atoms with Gasteiger partial charge in [-0.1, -0.05) is 31.5 Å². The average Bonchev–Trinajstić information content (AvgIpc) is 2.54. The topological polar surface area (TPSA) is 73.1 Å². The molecule has 2 rings (SSSR count). The molecule has 126 valence electrons. The van der Waals surface area contributed by atoms with Gasteiger partial charge < -0.3 is 15.8 Å². The average molecular weight is 337 g/mol. The molecule has 0 saturated carbocycles. The number of nitrogens with zero attached hydrogens (tertiary/aromatic N) is 2. The number of nitrogens with two attached hydrogens (primary N) is 1. The molecule has 0 unspecified atom stereocenters. The van der Waals surface area contributed by atoms with E-state index in [-0.39, 0.29) is 12.4 Å². The standard InChI is InChI=1S/C17H24N4O.ClH/c1-3-4-11-19-16-14(12-20-17(18)21-16)10-9-13-7-5-6-8-15(13)22-2;/h5-8,12H,3-4,9-11H2,1-2H3,(H3,18,19,20,21);1H. The molecule has 0 aliphatic carbocycles. The van der Waals surface area contributed by atoms with Crippen LogP contribution in [0.5, 0.6) is 5.75 Å². The number of hydrogen-bond donors (Lipinski definition) is 2. The van der Waals surface area contributed by atoms with Crippen molar-refractivity contribution in [1.82, 2.24) is 9.97 Å². The largest absolute Gasteiger partial charge is 0.496 e. The lowest BCUT2D eigenvalue weighted by molar-refractivity contribution is 0.409. The second-order valence-corrected chi connectivity index (χ2v) is 5.19. The molecule has 0 radical (unpaired) electrons. The Balaban J connectivity index is 0.00000264. The van der Waals surface area contributed by atoms with Gasteiger partial charge in [0.05, 0.1) is 7.11 Å². The van der Waals surface area contributed by atoms with Crippen molar-refractivity contribution in [3.63, 3.8) is 0 Å². The minimum atomic E-state index is 0. The van der Waals surface area contributed by atoms with Crippen LogP contribution in [0, 0.1) is 0 Å². The number of halogens is 1. The fourth-order valence-corrected chi connectivity index (χ4v) is 2.32. The van der Waals surface area contributed by atoms with E-state index in [2.05, 4.69) is 28.3 Å². The van der Waals surface area contributed by atoms with Crippen LogP contribution in [0.15, 0.2) is 30.5 Å². The Labute approximate surface area is 144 Å². The molecule has 2 aromatic rings. The summed E-state index contributed by atoms with van der Waals surface area (Å²) in [5.74, 6) is 2.07. The van der Waals surface area contributed by atoms with Gasteiger partial charge in [-0.15, -0.1) is 12.4 Å². The highest BCUT2D eigenvalue weighted by Crippen LogP contribution is 2.21. The lowest BCUT2D eigenvalue weighted by Gasteiger charge is -2.12. The zero-order chi connectivity index (χ0) is 15.8. The van der Waals surface area contributed by atoms with Crippen LogP contribution >= 0.6 is 12.4 Å². The zero-order valence-electron chi connectivity index (χ0n) is 13.7. The molecule has 0 saturated heterocycles. The van der Waals surface area contributed by atoms with Crippen molar-refractivity contribution in [1.29, 1.82) is 0 Å². The maximum absolute atomic E-state index is 5.70. The predicted molar refractivity (Wildman–Crippen MR) is 97.5 cm³/mol. The van der Waals surface area contributed by atoms with E-state index in [1.807, 2.05) is 24.4 Å². The number of rotatable bonds is 8. The van der Waals surface area contributed by atoms with Crippen LogP contribution < -0.4 is 15.8 Å². The van der Waals surface area contributed by atoms with Gasteiger partial charge >= 0.3 is 0 Å². The Kier molecular flexibility index (Phi) is 8.19. The minimum absolute atomic E-state index is 0. The molecule has 0 aliphatic heterocycles. The second kappa shape index (κ2) is 9.90. The Hall–Kier alpha value is -2.01. The summed E-state index contributed by atoms with van der Waals surface area (Å²) < 4.78 is 5.40. The fraction of sp³-hybridized carbons (Fsp3) is 0.412. The molecule has 0 bridgehead atoms. The van der Waals surface area contributed by atoms with Crippen molar-refractivity contribution in [3.8, 4) is 5.75 Å². The SMILES string of the molecule is CCCCNc1nc(N)ncc1CCc1ccccc1OC.Cl. The van der Waals surface area contributed by atoms with Crippen LogP contribution in [0.3, 0.4) is 0 Å². The summed E-state index contributed by atoms with van der Waals surface area (Å²) >= 11 is 0. The van der Waals surface area contributed by atoms with E-state index in [0.29, 0.717) is 5.95 Å². The number of unbranched alkanes of at least 4 members (excludes halogenated alkanes) is 1. The molecule has 5 nitrogen and oxygen atoms in total. The molecule has 0 amide bonds. The maximum atomic E-state index is 5.70. The first-order valence-corrected chi connectivity index (χ1v) is 7.71. The molecule has 0 spiro atoms. The van der Waals surface area contributed by atoms with Crippen molar-refractivity contribution in [3.05, 3.63) is 41.6 Å². The van der Waals surface area contributed by atoms with E-state index in [0.717, 1.165) is 49.4 Å². The number of aromatic nitrogens is 2. The van der Waals surface area contributed by atoms with Crippen LogP contribution in [0.4, 0.5) is 11.8 Å². The summed E-state index contributed by atoms with van der Waals surface area (Å²) in [6.45, 7) is 3.06. The maximum Gasteiger partial charge on any atom is 0.221 e. The molecule has 6 heteroatoms. The van der Waals surface area contributed by atoms with Crippen molar-refractivity contribution >= 4 is 24.2 Å². The highest BCUT2D eigenvalue weighted by Gasteiger charge is 2.08. The molecule has 3 N–H and O–H groups in total. The first kappa shape index (κ1) is 19.0. The van der Waals surface area contributed by atoms with Gasteiger partial charge in [0, 0.05) is 18.3 Å². The van der Waals surface area contributed by atoms with Gasteiger partial charge in [0.1, 0.15) is 11.6 Å². The molecule has 1 aromatic heterocycles. The molecule has 0 fully saturated rings. The third-order valence-electron chi connectivity index (χ3n) is 3.56. The quantitative estimate of drug-likeness (QED) is 0.722. The Morgan fingerprint density at radius 1 is 1.17 bits per heavy atom. The number of para-hydroxylation sites is 1. The number of methoxy groups -OCH3 is 1. The van der Waals surface area contributed by atoms with Crippen LogP contribution in [-0.2, 0) is 12.8 Å². The van der Waals surface area contributed by atoms with E-state index in [1.54, 1.807) is 7.11 Å². The number of benzene rings is 1. The molecule has 1 heterocycles. The number of ether oxygens (including phenoxy) is 1. The van der Waals surface area contributed by atoms with E-state index in [9.17, 15) is 0 Å². The minimum Gasteiger partial charge on any atom is -0.496 e. The summed E-state index contributed by atoms with van der Waals surface area (Å²) in [6, 6.07) is 8.07. The lowest BCUT2D eigenvalue weighted by Crippen LogP contribution is -2.09. The molecule has 0 aliphatic rings. The van der Waals surface area contributed by atoms with Gasteiger partial charge in [0.2, 0.25) is 5.95 Å². The first-order valence-electron chi connectivity index (χ1n) is 7.71. The van der Waals surface area contributed by atoms with Crippen molar-refractivity contribution in [2.24, 2.45) is 0 Å². The third-order valence-corrected chi connectivity index (χ3v) is 3.56. The van der Waals surface area contributed by atoms with Crippen molar-refractivity contribution < 1.29 is 4.74 Å². The predicted octanol–water partition coefficient (Wildman–Crippen LogP) is 3.49. The summed E-state index contributed by atoms with van der Waals surface area (Å²) in [6.07, 6.45) is 5.78.